The summed E-state index contributed by atoms with van der Waals surface area (Å²) in [6.07, 6.45) is 0. The predicted octanol–water partition coefficient (Wildman–Crippen LogP) is 4.30. The number of nitrogens with one attached hydrogen (secondary N) is 1. The lowest BCUT2D eigenvalue weighted by atomic mass is 9.99. The molecule has 2 rings (SSSR count). The minimum Gasteiger partial charge on any atom is -0.346 e. The topological polar surface area (TPSA) is 29.1 Å². The van der Waals surface area contributed by atoms with Crippen LogP contribution in [0.15, 0.2) is 54.6 Å². The molecule has 0 aromatic heterocycles. The average molecular weight is 267 g/mol. The Balaban J connectivity index is 2.04. The molecule has 1 atom stereocenters. The van der Waals surface area contributed by atoms with E-state index in [-0.39, 0.29) is 11.9 Å². The summed E-state index contributed by atoms with van der Waals surface area (Å²) in [5.41, 5.74) is 3.13. The van der Waals surface area contributed by atoms with E-state index < -0.39 is 0 Å². The molecule has 0 spiro atoms. The molecule has 0 unspecified atom stereocenters. The van der Waals surface area contributed by atoms with Crippen LogP contribution in [-0.2, 0) is 0 Å². The van der Waals surface area contributed by atoms with Gasteiger partial charge < -0.3 is 5.32 Å². The van der Waals surface area contributed by atoms with Crippen molar-refractivity contribution in [2.75, 3.05) is 0 Å². The molecular weight excluding hydrogens is 246 g/mol. The fourth-order valence-electron chi connectivity index (χ4n) is 2.12. The molecule has 20 heavy (non-hydrogen) atoms. The third kappa shape index (κ3) is 3.47. The molecule has 0 heterocycles. The second-order valence-electron chi connectivity index (χ2n) is 5.38. The minimum atomic E-state index is -0.0361. The molecule has 0 aliphatic heterocycles. The number of hydrogen-bond acceptors (Lipinski definition) is 1. The van der Waals surface area contributed by atoms with Gasteiger partial charge in [0.2, 0.25) is 0 Å². The van der Waals surface area contributed by atoms with Crippen molar-refractivity contribution in [2.45, 2.75) is 32.7 Å². The normalized spacial score (nSPS) is 12.2. The Morgan fingerprint density at radius 3 is 1.95 bits per heavy atom. The molecule has 104 valence electrons. The quantitative estimate of drug-likeness (QED) is 0.879. The molecule has 1 amide bonds. The molecule has 0 saturated carbocycles. The Morgan fingerprint density at radius 1 is 0.850 bits per heavy atom. The van der Waals surface area contributed by atoms with Crippen molar-refractivity contribution in [2.24, 2.45) is 0 Å². The van der Waals surface area contributed by atoms with Gasteiger partial charge in [0, 0.05) is 5.56 Å². The monoisotopic (exact) mass is 267 g/mol. The first-order valence-electron chi connectivity index (χ1n) is 7.03. The van der Waals surface area contributed by atoms with E-state index >= 15 is 0 Å². The third-order valence-electron chi connectivity index (χ3n) is 3.49. The highest BCUT2D eigenvalue weighted by Crippen LogP contribution is 2.18. The number of amides is 1. The van der Waals surface area contributed by atoms with Crippen LogP contribution in [0.5, 0.6) is 0 Å². The van der Waals surface area contributed by atoms with Crippen LogP contribution in [0.25, 0.3) is 0 Å². The van der Waals surface area contributed by atoms with Gasteiger partial charge in [-0.2, -0.15) is 0 Å². The Kier molecular flexibility index (Phi) is 4.57. The van der Waals surface area contributed by atoms with Gasteiger partial charge in [-0.15, -0.1) is 0 Å². The molecule has 2 aromatic rings. The van der Waals surface area contributed by atoms with E-state index in [0.717, 1.165) is 5.56 Å². The lowest BCUT2D eigenvalue weighted by Crippen LogP contribution is -2.26. The molecule has 2 heteroatoms. The second kappa shape index (κ2) is 6.38. The highest BCUT2D eigenvalue weighted by molar-refractivity contribution is 5.94. The predicted molar refractivity (Wildman–Crippen MR) is 82.9 cm³/mol. The molecule has 0 saturated heterocycles. The van der Waals surface area contributed by atoms with E-state index in [4.69, 9.17) is 0 Å². The largest absolute Gasteiger partial charge is 0.346 e. The van der Waals surface area contributed by atoms with Gasteiger partial charge in [0.15, 0.2) is 0 Å². The van der Waals surface area contributed by atoms with Gasteiger partial charge in [-0.1, -0.05) is 56.3 Å². The molecular formula is C18H21NO. The summed E-state index contributed by atoms with van der Waals surface area (Å²) < 4.78 is 0. The zero-order valence-electron chi connectivity index (χ0n) is 12.3. The summed E-state index contributed by atoms with van der Waals surface area (Å²) in [4.78, 5) is 12.1. The van der Waals surface area contributed by atoms with Gasteiger partial charge in [0.1, 0.15) is 0 Å². The third-order valence-corrected chi connectivity index (χ3v) is 3.49. The number of rotatable bonds is 4. The maximum atomic E-state index is 12.1. The minimum absolute atomic E-state index is 0.00363. The van der Waals surface area contributed by atoms with Crippen LogP contribution in [0.4, 0.5) is 0 Å². The van der Waals surface area contributed by atoms with E-state index in [0.29, 0.717) is 11.5 Å². The Morgan fingerprint density at radius 2 is 1.40 bits per heavy atom. The van der Waals surface area contributed by atoms with Crippen molar-refractivity contribution in [3.05, 3.63) is 71.3 Å². The van der Waals surface area contributed by atoms with Crippen LogP contribution in [0.3, 0.4) is 0 Å². The number of hydrogen-bond donors (Lipinski definition) is 1. The maximum absolute atomic E-state index is 12.1. The standard InChI is InChI=1S/C18H21NO/c1-13(2)15-9-11-16(12-10-15)14(3)19-18(20)17-7-5-4-6-8-17/h4-14H,1-3H3,(H,19,20)/t14-/m0/s1. The van der Waals surface area contributed by atoms with Gasteiger partial charge in [-0.25, -0.2) is 0 Å². The molecule has 1 N–H and O–H groups in total. The molecule has 2 aromatic carbocycles. The van der Waals surface area contributed by atoms with Gasteiger partial charge in [0.25, 0.3) is 5.91 Å². The smallest absolute Gasteiger partial charge is 0.251 e. The summed E-state index contributed by atoms with van der Waals surface area (Å²) >= 11 is 0. The van der Waals surface area contributed by atoms with Gasteiger partial charge in [-0.3, -0.25) is 4.79 Å². The zero-order chi connectivity index (χ0) is 14.5. The van der Waals surface area contributed by atoms with Crippen LogP contribution >= 0.6 is 0 Å². The number of carbonyl (C=O) groups is 1. The maximum Gasteiger partial charge on any atom is 0.251 e. The van der Waals surface area contributed by atoms with Crippen molar-refractivity contribution < 1.29 is 4.79 Å². The SMILES string of the molecule is CC(C)c1ccc([C@H](C)NC(=O)c2ccccc2)cc1. The Bertz CT molecular complexity index is 558. The summed E-state index contributed by atoms with van der Waals surface area (Å²) in [5, 5.41) is 3.02. The highest BCUT2D eigenvalue weighted by Gasteiger charge is 2.11. The summed E-state index contributed by atoms with van der Waals surface area (Å²) in [7, 11) is 0. The lowest BCUT2D eigenvalue weighted by Gasteiger charge is -2.15. The van der Waals surface area contributed by atoms with Crippen LogP contribution in [-0.4, -0.2) is 5.91 Å². The fraction of sp³-hybridized carbons (Fsp3) is 0.278. The van der Waals surface area contributed by atoms with Gasteiger partial charge in [0.05, 0.1) is 6.04 Å². The van der Waals surface area contributed by atoms with Crippen molar-refractivity contribution in [1.82, 2.24) is 5.32 Å². The van der Waals surface area contributed by atoms with Crippen molar-refractivity contribution in [3.8, 4) is 0 Å². The number of carbonyl (C=O) groups excluding carboxylic acids is 1. The van der Waals surface area contributed by atoms with E-state index in [1.807, 2.05) is 37.3 Å². The van der Waals surface area contributed by atoms with E-state index in [9.17, 15) is 4.79 Å². The summed E-state index contributed by atoms with van der Waals surface area (Å²) in [5.74, 6) is 0.490. The first-order valence-corrected chi connectivity index (χ1v) is 7.03. The van der Waals surface area contributed by atoms with Crippen LogP contribution in [0.2, 0.25) is 0 Å². The summed E-state index contributed by atoms with van der Waals surface area (Å²) in [6, 6.07) is 17.7. The van der Waals surface area contributed by atoms with Crippen LogP contribution in [0, 0.1) is 0 Å². The van der Waals surface area contributed by atoms with Crippen LogP contribution in [0.1, 0.15) is 54.2 Å². The molecule has 0 fully saturated rings. The first-order chi connectivity index (χ1) is 9.58. The summed E-state index contributed by atoms with van der Waals surface area (Å²) in [6.45, 7) is 6.36. The second-order valence-corrected chi connectivity index (χ2v) is 5.38. The molecule has 2 nitrogen and oxygen atoms in total. The first kappa shape index (κ1) is 14.3. The molecule has 0 aliphatic carbocycles. The Hall–Kier alpha value is -2.09. The molecule has 0 bridgehead atoms. The fourth-order valence-corrected chi connectivity index (χ4v) is 2.12. The van der Waals surface area contributed by atoms with E-state index in [2.05, 4.69) is 43.4 Å². The molecule has 0 aliphatic rings. The van der Waals surface area contributed by atoms with Crippen molar-refractivity contribution in [3.63, 3.8) is 0 Å². The van der Waals surface area contributed by atoms with Gasteiger partial charge in [-0.05, 0) is 36.1 Å². The lowest BCUT2D eigenvalue weighted by molar-refractivity contribution is 0.0940. The van der Waals surface area contributed by atoms with E-state index in [1.54, 1.807) is 0 Å². The van der Waals surface area contributed by atoms with Crippen molar-refractivity contribution in [1.29, 1.82) is 0 Å². The Labute approximate surface area is 120 Å². The zero-order valence-corrected chi connectivity index (χ0v) is 12.3. The van der Waals surface area contributed by atoms with E-state index in [1.165, 1.54) is 5.56 Å². The van der Waals surface area contributed by atoms with Gasteiger partial charge >= 0.3 is 0 Å². The molecule has 0 radical (unpaired) electrons. The highest BCUT2D eigenvalue weighted by atomic mass is 16.1. The number of benzene rings is 2. The van der Waals surface area contributed by atoms with Crippen LogP contribution < -0.4 is 5.32 Å². The average Bonchev–Trinajstić information content (AvgIpc) is 2.48. The van der Waals surface area contributed by atoms with Crippen molar-refractivity contribution >= 4 is 5.91 Å².